The van der Waals surface area contributed by atoms with Crippen molar-refractivity contribution in [1.82, 2.24) is 9.88 Å². The van der Waals surface area contributed by atoms with E-state index in [0.717, 1.165) is 54.3 Å². The quantitative estimate of drug-likeness (QED) is 0.273. The molecule has 1 aromatic heterocycles. The first kappa shape index (κ1) is 32.4. The van der Waals surface area contributed by atoms with E-state index in [1.165, 1.54) is 16.7 Å². The Hall–Kier alpha value is -3.15. The molecule has 1 aliphatic rings. The highest BCUT2D eigenvalue weighted by atomic mass is 35.5. The average Bonchev–Trinajstić information content (AvgIpc) is 3.40. The SMILES string of the molecule is CCc1c(CN2CCC(C(=O)O)CC2)cccc1-c1cnc(-c2ccc(OC(C)C)c(Cl)c2)s1.O=C(O)C(F)(F)F. The van der Waals surface area contributed by atoms with Crippen LogP contribution in [0.15, 0.2) is 42.6 Å². The van der Waals surface area contributed by atoms with E-state index in [1.807, 2.05) is 38.2 Å². The average molecular weight is 613 g/mol. The Kier molecular flexibility index (Phi) is 11.2. The molecule has 2 aromatic carbocycles. The third-order valence-electron chi connectivity index (χ3n) is 6.51. The zero-order valence-corrected chi connectivity index (χ0v) is 24.4. The lowest BCUT2D eigenvalue weighted by molar-refractivity contribution is -0.192. The first-order valence-corrected chi connectivity index (χ1v) is 14.3. The summed E-state index contributed by atoms with van der Waals surface area (Å²) in [7, 11) is 0. The van der Waals surface area contributed by atoms with Crippen molar-refractivity contribution in [3.63, 3.8) is 0 Å². The number of likely N-dealkylation sites (tertiary alicyclic amines) is 1. The second kappa shape index (κ2) is 14.2. The fraction of sp³-hybridized carbons (Fsp3) is 0.414. The van der Waals surface area contributed by atoms with Crippen LogP contribution in [0.25, 0.3) is 21.0 Å². The van der Waals surface area contributed by atoms with E-state index in [0.29, 0.717) is 10.8 Å². The number of alkyl halides is 3. The van der Waals surface area contributed by atoms with E-state index in [2.05, 4.69) is 30.0 Å². The van der Waals surface area contributed by atoms with Crippen LogP contribution >= 0.6 is 22.9 Å². The minimum absolute atomic E-state index is 0.0677. The molecule has 0 saturated carbocycles. The molecule has 0 spiro atoms. The number of hydrogen-bond acceptors (Lipinski definition) is 6. The Morgan fingerprint density at radius 3 is 2.37 bits per heavy atom. The molecular formula is C29H32ClF3N2O5S. The highest BCUT2D eigenvalue weighted by molar-refractivity contribution is 7.18. The van der Waals surface area contributed by atoms with Crippen LogP contribution in [-0.4, -0.2) is 57.4 Å². The van der Waals surface area contributed by atoms with Crippen molar-refractivity contribution in [2.75, 3.05) is 13.1 Å². The Bertz CT molecular complexity index is 1350. The number of carbonyl (C=O) groups is 2. The highest BCUT2D eigenvalue weighted by Gasteiger charge is 2.38. The summed E-state index contributed by atoms with van der Waals surface area (Å²) in [6.07, 6.45) is -0.699. The van der Waals surface area contributed by atoms with Gasteiger partial charge in [-0.25, -0.2) is 9.78 Å². The van der Waals surface area contributed by atoms with Gasteiger partial charge in [0.05, 0.1) is 21.9 Å². The van der Waals surface area contributed by atoms with E-state index in [9.17, 15) is 23.1 Å². The van der Waals surface area contributed by atoms with Crippen molar-refractivity contribution in [2.24, 2.45) is 5.92 Å². The van der Waals surface area contributed by atoms with Crippen molar-refractivity contribution in [3.8, 4) is 26.8 Å². The molecule has 0 atom stereocenters. The highest BCUT2D eigenvalue weighted by Crippen LogP contribution is 2.38. The number of thiazole rings is 1. The third kappa shape index (κ3) is 8.92. The standard InChI is InChI=1S/C27H31ClN2O3S.C2HF3O2/c1-4-21-20(16-30-12-10-18(11-13-30)27(31)32)6-5-7-22(21)25-15-29-26(34-25)19-8-9-24(23(28)14-19)33-17(2)3;3-2(4,5)1(6)7/h5-9,14-15,17-18H,4,10-13,16H2,1-3H3,(H,31,32);(H,6,7). The van der Waals surface area contributed by atoms with Gasteiger partial charge in [-0.05, 0) is 81.1 Å². The first-order valence-electron chi connectivity index (χ1n) is 13.1. The fourth-order valence-corrected chi connectivity index (χ4v) is 5.72. The van der Waals surface area contributed by atoms with Crippen LogP contribution in [-0.2, 0) is 22.6 Å². The zero-order chi connectivity index (χ0) is 30.3. The number of hydrogen-bond donors (Lipinski definition) is 2. The Morgan fingerprint density at radius 1 is 1.17 bits per heavy atom. The molecule has 0 radical (unpaired) electrons. The van der Waals surface area contributed by atoms with Crippen LogP contribution in [0.4, 0.5) is 13.2 Å². The van der Waals surface area contributed by atoms with E-state index < -0.39 is 18.1 Å². The molecule has 0 unspecified atom stereocenters. The number of carboxylic acids is 2. The van der Waals surface area contributed by atoms with Gasteiger partial charge in [-0.15, -0.1) is 11.3 Å². The minimum atomic E-state index is -5.08. The van der Waals surface area contributed by atoms with Crippen molar-refractivity contribution in [1.29, 1.82) is 0 Å². The molecule has 0 amide bonds. The van der Waals surface area contributed by atoms with Gasteiger partial charge in [0.1, 0.15) is 10.8 Å². The number of aliphatic carboxylic acids is 2. The maximum absolute atomic E-state index is 11.3. The van der Waals surface area contributed by atoms with Crippen LogP contribution in [0.2, 0.25) is 5.02 Å². The van der Waals surface area contributed by atoms with E-state index >= 15 is 0 Å². The smallest absolute Gasteiger partial charge is 0.489 e. The summed E-state index contributed by atoms with van der Waals surface area (Å²) in [6, 6.07) is 12.3. The van der Waals surface area contributed by atoms with Crippen molar-refractivity contribution < 1.29 is 37.7 Å². The largest absolute Gasteiger partial charge is 0.490 e. The molecule has 4 rings (SSSR count). The molecular weight excluding hydrogens is 581 g/mol. The van der Waals surface area contributed by atoms with Gasteiger partial charge in [-0.1, -0.05) is 36.7 Å². The van der Waals surface area contributed by atoms with Crippen LogP contribution in [0.5, 0.6) is 5.75 Å². The molecule has 1 saturated heterocycles. The molecule has 0 aliphatic carbocycles. The number of carboxylic acid groups (broad SMARTS) is 2. The number of halogens is 4. The predicted octanol–water partition coefficient (Wildman–Crippen LogP) is 7.41. The molecule has 7 nitrogen and oxygen atoms in total. The Morgan fingerprint density at radius 2 is 1.83 bits per heavy atom. The van der Waals surface area contributed by atoms with Crippen molar-refractivity contribution in [3.05, 3.63) is 58.7 Å². The van der Waals surface area contributed by atoms with E-state index in [-0.39, 0.29) is 12.0 Å². The zero-order valence-electron chi connectivity index (χ0n) is 22.9. The van der Waals surface area contributed by atoms with Gasteiger partial charge in [0.25, 0.3) is 0 Å². The Labute approximate surface area is 245 Å². The molecule has 1 aliphatic heterocycles. The van der Waals surface area contributed by atoms with Crippen LogP contribution in [0.1, 0.15) is 44.7 Å². The maximum atomic E-state index is 11.3. The summed E-state index contributed by atoms with van der Waals surface area (Å²) in [5.41, 5.74) is 4.83. The normalized spacial score (nSPS) is 14.4. The molecule has 3 aromatic rings. The molecule has 222 valence electrons. The second-order valence-corrected chi connectivity index (χ2v) is 11.3. The molecule has 2 N–H and O–H groups in total. The fourth-order valence-electron chi connectivity index (χ4n) is 4.53. The van der Waals surface area contributed by atoms with Crippen molar-refractivity contribution >= 4 is 34.9 Å². The monoisotopic (exact) mass is 612 g/mol. The van der Waals surface area contributed by atoms with Gasteiger partial charge in [0, 0.05) is 18.3 Å². The van der Waals surface area contributed by atoms with Crippen LogP contribution in [0, 0.1) is 5.92 Å². The lowest BCUT2D eigenvalue weighted by atomic mass is 9.94. The summed E-state index contributed by atoms with van der Waals surface area (Å²) in [5, 5.41) is 17.9. The van der Waals surface area contributed by atoms with Crippen LogP contribution in [0.3, 0.4) is 0 Å². The lowest BCUT2D eigenvalue weighted by Crippen LogP contribution is -2.36. The number of nitrogens with zero attached hydrogens (tertiary/aromatic N) is 2. The van der Waals surface area contributed by atoms with Gasteiger partial charge in [0.2, 0.25) is 0 Å². The van der Waals surface area contributed by atoms with Gasteiger partial charge in [-0.3, -0.25) is 9.69 Å². The minimum Gasteiger partial charge on any atom is -0.489 e. The van der Waals surface area contributed by atoms with Gasteiger partial charge >= 0.3 is 18.1 Å². The summed E-state index contributed by atoms with van der Waals surface area (Å²) in [4.78, 5) is 28.4. The summed E-state index contributed by atoms with van der Waals surface area (Å²) >= 11 is 8.12. The maximum Gasteiger partial charge on any atom is 0.490 e. The number of ether oxygens (including phenoxy) is 1. The summed E-state index contributed by atoms with van der Waals surface area (Å²) < 4.78 is 37.5. The third-order valence-corrected chi connectivity index (χ3v) is 7.89. The summed E-state index contributed by atoms with van der Waals surface area (Å²) in [6.45, 7) is 8.65. The second-order valence-electron chi connectivity index (χ2n) is 9.83. The summed E-state index contributed by atoms with van der Waals surface area (Å²) in [5.74, 6) is -2.94. The molecule has 1 fully saturated rings. The number of aromatic nitrogens is 1. The van der Waals surface area contributed by atoms with E-state index in [4.69, 9.17) is 31.2 Å². The van der Waals surface area contributed by atoms with Gasteiger partial charge in [0.15, 0.2) is 0 Å². The van der Waals surface area contributed by atoms with Gasteiger partial charge in [-0.2, -0.15) is 13.2 Å². The molecule has 12 heteroatoms. The first-order chi connectivity index (χ1) is 19.3. The van der Waals surface area contributed by atoms with E-state index in [1.54, 1.807) is 11.3 Å². The predicted molar refractivity (Wildman–Crippen MR) is 152 cm³/mol. The van der Waals surface area contributed by atoms with Crippen molar-refractivity contribution in [2.45, 2.75) is 58.9 Å². The molecule has 0 bridgehead atoms. The number of rotatable bonds is 8. The van der Waals surface area contributed by atoms with Crippen LogP contribution < -0.4 is 4.74 Å². The molecule has 41 heavy (non-hydrogen) atoms. The van der Waals surface area contributed by atoms with Gasteiger partial charge < -0.3 is 14.9 Å². The number of piperidine rings is 1. The Balaban J connectivity index is 0.000000587. The molecule has 2 heterocycles. The topological polar surface area (TPSA) is 100.0 Å². The number of benzene rings is 2. The lowest BCUT2D eigenvalue weighted by Gasteiger charge is -2.30.